The lowest BCUT2D eigenvalue weighted by atomic mass is 10.1. The summed E-state index contributed by atoms with van der Waals surface area (Å²) in [5, 5.41) is 0. The lowest BCUT2D eigenvalue weighted by Crippen LogP contribution is -1.72. The molecule has 0 saturated carbocycles. The molecular formula is C9H13. The molecule has 0 spiro atoms. The Hall–Kier alpha value is -0.520. The molecule has 1 rings (SSSR count). The molecule has 0 amide bonds. The van der Waals surface area contributed by atoms with Crippen molar-refractivity contribution in [3.05, 3.63) is 24.3 Å². The van der Waals surface area contributed by atoms with Crippen LogP contribution in [0.5, 0.6) is 0 Å². The molecule has 0 nitrogen and oxygen atoms in total. The maximum atomic E-state index is 3.12. The fraction of sp³-hybridized carbons (Fsp3) is 0.556. The largest absolute Gasteiger partial charge is 0.0839 e. The van der Waals surface area contributed by atoms with Gasteiger partial charge in [0.05, 0.1) is 0 Å². The summed E-state index contributed by atoms with van der Waals surface area (Å²) in [6.07, 6.45) is 16.0. The van der Waals surface area contributed by atoms with Gasteiger partial charge in [-0.25, -0.2) is 0 Å². The van der Waals surface area contributed by atoms with Crippen molar-refractivity contribution in [1.29, 1.82) is 0 Å². The normalized spacial score (nSPS) is 20.4. The lowest BCUT2D eigenvalue weighted by molar-refractivity contribution is 0.698. The first-order chi connectivity index (χ1) is 4.50. The lowest BCUT2D eigenvalue weighted by Gasteiger charge is -1.91. The van der Waals surface area contributed by atoms with E-state index in [9.17, 15) is 0 Å². The predicted octanol–water partition coefficient (Wildman–Crippen LogP) is 2.87. The third kappa shape index (κ3) is 3.12. The first kappa shape index (κ1) is 6.60. The van der Waals surface area contributed by atoms with Gasteiger partial charge in [-0.05, 0) is 31.8 Å². The van der Waals surface area contributed by atoms with Crippen LogP contribution in [0.4, 0.5) is 0 Å². The summed E-state index contributed by atoms with van der Waals surface area (Å²) < 4.78 is 0. The van der Waals surface area contributed by atoms with Gasteiger partial charge in [0.25, 0.3) is 0 Å². The summed E-state index contributed by atoms with van der Waals surface area (Å²) in [4.78, 5) is 0. The topological polar surface area (TPSA) is 0 Å². The molecule has 0 bridgehead atoms. The fourth-order valence-corrected chi connectivity index (χ4v) is 0.988. The van der Waals surface area contributed by atoms with Crippen LogP contribution < -0.4 is 0 Å². The summed E-state index contributed by atoms with van der Waals surface area (Å²) in [5.41, 5.74) is 0. The van der Waals surface area contributed by atoms with Gasteiger partial charge in [0.1, 0.15) is 0 Å². The van der Waals surface area contributed by atoms with Crippen molar-refractivity contribution >= 4 is 0 Å². The van der Waals surface area contributed by atoms with Crippen molar-refractivity contribution in [3.8, 4) is 0 Å². The summed E-state index contributed by atoms with van der Waals surface area (Å²) in [7, 11) is 0. The Balaban J connectivity index is 2.28. The van der Waals surface area contributed by atoms with Gasteiger partial charge in [0.15, 0.2) is 0 Å². The molecule has 0 saturated heterocycles. The molecule has 0 heterocycles. The van der Waals surface area contributed by atoms with Gasteiger partial charge in [0.2, 0.25) is 0 Å². The average Bonchev–Trinajstić information content (AvgIpc) is 2.00. The van der Waals surface area contributed by atoms with Gasteiger partial charge in [0, 0.05) is 0 Å². The predicted molar refractivity (Wildman–Crippen MR) is 40.0 cm³/mol. The smallest absolute Gasteiger partial charge is 0.0230 e. The van der Waals surface area contributed by atoms with Gasteiger partial charge in [-0.15, -0.1) is 0 Å². The van der Waals surface area contributed by atoms with Gasteiger partial charge >= 0.3 is 0 Å². The van der Waals surface area contributed by atoms with Crippen molar-refractivity contribution in [2.45, 2.75) is 32.1 Å². The minimum absolute atomic E-state index is 1.21. The second kappa shape index (κ2) is 4.37. The van der Waals surface area contributed by atoms with E-state index in [1.807, 2.05) is 6.08 Å². The van der Waals surface area contributed by atoms with E-state index in [2.05, 4.69) is 18.2 Å². The first-order valence-corrected chi connectivity index (χ1v) is 3.73. The molecule has 1 radical (unpaired) electrons. The highest BCUT2D eigenvalue weighted by molar-refractivity contribution is 4.95. The molecule has 0 aromatic carbocycles. The van der Waals surface area contributed by atoms with Crippen LogP contribution in [0, 0.1) is 6.08 Å². The highest BCUT2D eigenvalue weighted by atomic mass is 13.9. The Morgan fingerprint density at radius 2 is 1.89 bits per heavy atom. The number of hydrogen-bond acceptors (Lipinski definition) is 0. The minimum atomic E-state index is 1.21. The zero-order chi connectivity index (χ0) is 6.36. The van der Waals surface area contributed by atoms with E-state index in [4.69, 9.17) is 0 Å². The van der Waals surface area contributed by atoms with Crippen molar-refractivity contribution < 1.29 is 0 Å². The van der Waals surface area contributed by atoms with Gasteiger partial charge in [-0.3, -0.25) is 0 Å². The monoisotopic (exact) mass is 121 g/mol. The first-order valence-electron chi connectivity index (χ1n) is 3.73. The number of allylic oxidation sites excluding steroid dienone is 4. The van der Waals surface area contributed by atoms with Crippen LogP contribution in [0.2, 0.25) is 0 Å². The molecule has 9 heavy (non-hydrogen) atoms. The molecule has 0 unspecified atom stereocenters. The zero-order valence-electron chi connectivity index (χ0n) is 5.77. The van der Waals surface area contributed by atoms with Gasteiger partial charge in [-0.1, -0.05) is 24.6 Å². The van der Waals surface area contributed by atoms with Gasteiger partial charge < -0.3 is 0 Å². The maximum absolute atomic E-state index is 3.12. The quantitative estimate of drug-likeness (QED) is 0.462. The van der Waals surface area contributed by atoms with Crippen LogP contribution in [-0.2, 0) is 0 Å². The van der Waals surface area contributed by atoms with Gasteiger partial charge in [-0.2, -0.15) is 0 Å². The molecule has 49 valence electrons. The van der Waals surface area contributed by atoms with E-state index >= 15 is 0 Å². The molecule has 0 N–H and O–H groups in total. The molecule has 1 aliphatic carbocycles. The summed E-state index contributed by atoms with van der Waals surface area (Å²) >= 11 is 0. The third-order valence-electron chi connectivity index (χ3n) is 1.55. The number of hydrogen-bond donors (Lipinski definition) is 0. The van der Waals surface area contributed by atoms with E-state index in [-0.39, 0.29) is 0 Å². The second-order valence-electron chi connectivity index (χ2n) is 2.41. The van der Waals surface area contributed by atoms with Crippen molar-refractivity contribution in [2.75, 3.05) is 0 Å². The van der Waals surface area contributed by atoms with E-state index in [1.165, 1.54) is 32.1 Å². The van der Waals surface area contributed by atoms with Crippen LogP contribution in [0.1, 0.15) is 32.1 Å². The van der Waals surface area contributed by atoms with Crippen molar-refractivity contribution in [1.82, 2.24) is 0 Å². The van der Waals surface area contributed by atoms with E-state index in [0.29, 0.717) is 0 Å². The Labute approximate surface area is 57.3 Å². The SMILES string of the molecule is [C]1=CCCCCCC=C1. The van der Waals surface area contributed by atoms with E-state index in [1.54, 1.807) is 0 Å². The van der Waals surface area contributed by atoms with Crippen molar-refractivity contribution in [3.63, 3.8) is 0 Å². The van der Waals surface area contributed by atoms with Crippen LogP contribution in [-0.4, -0.2) is 0 Å². The molecule has 1 aliphatic rings. The third-order valence-corrected chi connectivity index (χ3v) is 1.55. The summed E-state index contributed by atoms with van der Waals surface area (Å²) in [6, 6.07) is 0. The molecule has 0 aromatic heterocycles. The average molecular weight is 121 g/mol. The molecule has 0 atom stereocenters. The fourth-order valence-electron chi connectivity index (χ4n) is 0.988. The Morgan fingerprint density at radius 1 is 1.00 bits per heavy atom. The van der Waals surface area contributed by atoms with E-state index in [0.717, 1.165) is 0 Å². The Kier molecular flexibility index (Phi) is 3.20. The summed E-state index contributed by atoms with van der Waals surface area (Å²) in [6.45, 7) is 0. The molecule has 0 aromatic rings. The van der Waals surface area contributed by atoms with Crippen LogP contribution in [0.15, 0.2) is 18.2 Å². The van der Waals surface area contributed by atoms with Crippen LogP contribution in [0.25, 0.3) is 0 Å². The second-order valence-corrected chi connectivity index (χ2v) is 2.41. The molecule has 0 aliphatic heterocycles. The zero-order valence-corrected chi connectivity index (χ0v) is 5.77. The van der Waals surface area contributed by atoms with E-state index < -0.39 is 0 Å². The molecule has 0 heteroatoms. The highest BCUT2D eigenvalue weighted by Crippen LogP contribution is 2.05. The van der Waals surface area contributed by atoms with Crippen LogP contribution >= 0.6 is 0 Å². The molecular weight excluding hydrogens is 108 g/mol. The Bertz CT molecular complexity index is 95.2. The van der Waals surface area contributed by atoms with Crippen molar-refractivity contribution in [2.24, 2.45) is 0 Å². The number of rotatable bonds is 0. The Morgan fingerprint density at radius 3 is 2.89 bits per heavy atom. The maximum Gasteiger partial charge on any atom is -0.0230 e. The van der Waals surface area contributed by atoms with Crippen LogP contribution in [0.3, 0.4) is 0 Å². The molecule has 0 fully saturated rings. The highest BCUT2D eigenvalue weighted by Gasteiger charge is 1.86. The standard InChI is InChI=1S/C9H13/c1-2-4-6-8-9-7-5-3-1/h1-2,6H,3,5,7-9H2. The minimum Gasteiger partial charge on any atom is -0.0839 e. The summed E-state index contributed by atoms with van der Waals surface area (Å²) in [5.74, 6) is 0.